The summed E-state index contributed by atoms with van der Waals surface area (Å²) in [6.07, 6.45) is 3.72. The summed E-state index contributed by atoms with van der Waals surface area (Å²) in [6.45, 7) is 1.23. The fourth-order valence-corrected chi connectivity index (χ4v) is 5.21. The minimum absolute atomic E-state index is 0.387. The standard InChI is InChI=1S/C23H26N2O5S/c1-25(2)31(26,27)24-20-15-23(8-11-28-12-9-23)30-21-6-5-17(13-19(20)21)18-4-3-16-7-10-29-22(16)14-18/h3-7,10,13-14,20,24H,8-9,11-12,15H2,1-2H3. The molecule has 2 aromatic carbocycles. The zero-order chi connectivity index (χ0) is 21.6. The van der Waals surface area contributed by atoms with E-state index in [4.69, 9.17) is 13.9 Å². The molecule has 1 aromatic heterocycles. The van der Waals surface area contributed by atoms with Crippen molar-refractivity contribution in [1.82, 2.24) is 9.03 Å². The van der Waals surface area contributed by atoms with Crippen molar-refractivity contribution in [3.8, 4) is 16.9 Å². The molecule has 3 aromatic rings. The van der Waals surface area contributed by atoms with E-state index in [1.165, 1.54) is 18.4 Å². The van der Waals surface area contributed by atoms with Gasteiger partial charge < -0.3 is 13.9 Å². The number of hydrogen-bond acceptors (Lipinski definition) is 5. The monoisotopic (exact) mass is 442 g/mol. The molecule has 1 fully saturated rings. The van der Waals surface area contributed by atoms with E-state index in [1.54, 1.807) is 6.26 Å². The molecule has 1 saturated heterocycles. The van der Waals surface area contributed by atoms with Gasteiger partial charge in [0.2, 0.25) is 0 Å². The van der Waals surface area contributed by atoms with Gasteiger partial charge >= 0.3 is 0 Å². The highest BCUT2D eigenvalue weighted by molar-refractivity contribution is 7.87. The van der Waals surface area contributed by atoms with Crippen LogP contribution in [0.3, 0.4) is 0 Å². The second kappa shape index (κ2) is 7.63. The van der Waals surface area contributed by atoms with Crippen LogP contribution in [-0.4, -0.2) is 45.6 Å². The normalized spacial score (nSPS) is 20.7. The van der Waals surface area contributed by atoms with Gasteiger partial charge in [0, 0.05) is 44.3 Å². The molecular formula is C23H26N2O5S. The second-order valence-electron chi connectivity index (χ2n) is 8.49. The average Bonchev–Trinajstić information content (AvgIpc) is 3.21. The molecule has 0 radical (unpaired) electrons. The predicted molar refractivity (Wildman–Crippen MR) is 118 cm³/mol. The summed E-state index contributed by atoms with van der Waals surface area (Å²) in [5.74, 6) is 0.724. The van der Waals surface area contributed by atoms with Crippen molar-refractivity contribution in [3.05, 3.63) is 54.3 Å². The van der Waals surface area contributed by atoms with Crippen LogP contribution in [0.2, 0.25) is 0 Å². The number of benzene rings is 2. The number of ether oxygens (including phenoxy) is 2. The molecule has 1 unspecified atom stereocenters. The molecule has 0 amide bonds. The molecular weight excluding hydrogens is 416 g/mol. The molecule has 5 rings (SSSR count). The Morgan fingerprint density at radius 1 is 1.03 bits per heavy atom. The third kappa shape index (κ3) is 3.85. The molecule has 1 atom stereocenters. The van der Waals surface area contributed by atoms with Gasteiger partial charge in [-0.25, -0.2) is 0 Å². The van der Waals surface area contributed by atoms with Crippen molar-refractivity contribution in [1.29, 1.82) is 0 Å². The molecule has 1 N–H and O–H groups in total. The number of rotatable bonds is 4. The first kappa shape index (κ1) is 20.5. The van der Waals surface area contributed by atoms with Crippen molar-refractivity contribution < 1.29 is 22.3 Å². The molecule has 2 aliphatic rings. The van der Waals surface area contributed by atoms with Gasteiger partial charge in [-0.05, 0) is 35.4 Å². The summed E-state index contributed by atoms with van der Waals surface area (Å²) in [6, 6.07) is 13.6. The molecule has 7 nitrogen and oxygen atoms in total. The first-order chi connectivity index (χ1) is 14.9. The van der Waals surface area contributed by atoms with E-state index >= 15 is 0 Å². The van der Waals surface area contributed by atoms with Crippen LogP contribution in [0.4, 0.5) is 0 Å². The highest BCUT2D eigenvalue weighted by atomic mass is 32.2. The lowest BCUT2D eigenvalue weighted by molar-refractivity contribution is -0.0631. The van der Waals surface area contributed by atoms with E-state index in [2.05, 4.69) is 4.72 Å². The van der Waals surface area contributed by atoms with Crippen LogP contribution in [0.5, 0.6) is 5.75 Å². The van der Waals surface area contributed by atoms with Gasteiger partial charge in [-0.3, -0.25) is 0 Å². The molecule has 31 heavy (non-hydrogen) atoms. The fourth-order valence-electron chi connectivity index (χ4n) is 4.42. The van der Waals surface area contributed by atoms with Crippen molar-refractivity contribution in [2.75, 3.05) is 27.3 Å². The Bertz CT molecular complexity index is 1210. The lowest BCUT2D eigenvalue weighted by Gasteiger charge is -2.44. The fraction of sp³-hybridized carbons (Fsp3) is 0.391. The Kier molecular flexibility index (Phi) is 5.05. The molecule has 0 aliphatic carbocycles. The molecule has 1 spiro atoms. The average molecular weight is 443 g/mol. The summed E-state index contributed by atoms with van der Waals surface area (Å²) in [4.78, 5) is 0. The van der Waals surface area contributed by atoms with Crippen molar-refractivity contribution >= 4 is 21.2 Å². The summed E-state index contributed by atoms with van der Waals surface area (Å²) in [7, 11) is -0.554. The highest BCUT2D eigenvalue weighted by Crippen LogP contribution is 2.45. The molecule has 3 heterocycles. The Labute approximate surface area is 182 Å². The minimum atomic E-state index is -3.61. The maximum absolute atomic E-state index is 12.7. The molecule has 8 heteroatoms. The highest BCUT2D eigenvalue weighted by Gasteiger charge is 2.43. The maximum atomic E-state index is 12.7. The molecule has 0 bridgehead atoms. The van der Waals surface area contributed by atoms with Crippen LogP contribution in [0, 0.1) is 0 Å². The summed E-state index contributed by atoms with van der Waals surface area (Å²) >= 11 is 0. The van der Waals surface area contributed by atoms with Crippen LogP contribution in [-0.2, 0) is 14.9 Å². The lowest BCUT2D eigenvalue weighted by Crippen LogP contribution is -2.49. The number of nitrogens with one attached hydrogen (secondary N) is 1. The molecule has 164 valence electrons. The maximum Gasteiger partial charge on any atom is 0.279 e. The van der Waals surface area contributed by atoms with E-state index in [1.807, 2.05) is 42.5 Å². The number of hydrogen-bond donors (Lipinski definition) is 1. The summed E-state index contributed by atoms with van der Waals surface area (Å²) < 4.78 is 47.0. The Morgan fingerprint density at radius 3 is 2.55 bits per heavy atom. The largest absolute Gasteiger partial charge is 0.487 e. The number of nitrogens with zero attached hydrogens (tertiary/aromatic N) is 1. The van der Waals surface area contributed by atoms with Gasteiger partial charge in [0.05, 0.1) is 25.5 Å². The van der Waals surface area contributed by atoms with Crippen molar-refractivity contribution in [3.63, 3.8) is 0 Å². The smallest absolute Gasteiger partial charge is 0.279 e. The zero-order valence-corrected chi connectivity index (χ0v) is 18.4. The predicted octanol–water partition coefficient (Wildman–Crippen LogP) is 3.87. The third-order valence-corrected chi connectivity index (χ3v) is 7.80. The zero-order valence-electron chi connectivity index (χ0n) is 17.6. The van der Waals surface area contributed by atoms with Crippen LogP contribution in [0.15, 0.2) is 53.1 Å². The topological polar surface area (TPSA) is 81.0 Å². The Hall–Kier alpha value is -2.39. The molecule has 2 aliphatic heterocycles. The van der Waals surface area contributed by atoms with E-state index < -0.39 is 15.8 Å². The Balaban J connectivity index is 1.56. The Morgan fingerprint density at radius 2 is 1.77 bits per heavy atom. The van der Waals surface area contributed by atoms with Crippen molar-refractivity contribution in [2.24, 2.45) is 0 Å². The van der Waals surface area contributed by atoms with Crippen LogP contribution >= 0.6 is 0 Å². The van der Waals surface area contributed by atoms with Gasteiger partial charge in [0.1, 0.15) is 16.9 Å². The van der Waals surface area contributed by atoms with E-state index in [9.17, 15) is 8.42 Å². The first-order valence-electron chi connectivity index (χ1n) is 10.4. The van der Waals surface area contributed by atoms with Crippen molar-refractivity contribution in [2.45, 2.75) is 30.9 Å². The van der Waals surface area contributed by atoms with Crippen LogP contribution in [0.1, 0.15) is 30.9 Å². The van der Waals surface area contributed by atoms with E-state index in [0.29, 0.717) is 19.6 Å². The number of furan rings is 1. The number of fused-ring (bicyclic) bond motifs is 2. The summed E-state index contributed by atoms with van der Waals surface area (Å²) in [5, 5.41) is 1.04. The van der Waals surface area contributed by atoms with Gasteiger partial charge in [-0.15, -0.1) is 0 Å². The van der Waals surface area contributed by atoms with E-state index in [-0.39, 0.29) is 6.04 Å². The second-order valence-corrected chi connectivity index (χ2v) is 10.4. The van der Waals surface area contributed by atoms with Crippen LogP contribution in [0.25, 0.3) is 22.1 Å². The van der Waals surface area contributed by atoms with Gasteiger partial charge in [-0.2, -0.15) is 17.4 Å². The first-order valence-corrected chi connectivity index (χ1v) is 11.9. The van der Waals surface area contributed by atoms with Gasteiger partial charge in [0.25, 0.3) is 10.2 Å². The SMILES string of the molecule is CN(C)S(=O)(=O)NC1CC2(CCOCC2)Oc2ccc(-c3ccc4ccoc4c3)cc21. The quantitative estimate of drug-likeness (QED) is 0.663. The minimum Gasteiger partial charge on any atom is -0.487 e. The van der Waals surface area contributed by atoms with Crippen LogP contribution < -0.4 is 9.46 Å². The summed E-state index contributed by atoms with van der Waals surface area (Å²) in [5.41, 5.74) is 3.24. The van der Waals surface area contributed by atoms with Gasteiger partial charge in [-0.1, -0.05) is 18.2 Å². The third-order valence-electron chi connectivity index (χ3n) is 6.25. The lowest BCUT2D eigenvalue weighted by atomic mass is 9.82. The van der Waals surface area contributed by atoms with E-state index in [0.717, 1.165) is 46.3 Å². The van der Waals surface area contributed by atoms with Gasteiger partial charge in [0.15, 0.2) is 0 Å². The molecule has 0 saturated carbocycles.